The minimum atomic E-state index is -0.258. The lowest BCUT2D eigenvalue weighted by molar-refractivity contribution is -0.124. The van der Waals surface area contributed by atoms with Gasteiger partial charge < -0.3 is 5.32 Å². The van der Waals surface area contributed by atoms with Crippen LogP contribution in [0.5, 0.6) is 0 Å². The molecule has 1 rings (SSSR count). The van der Waals surface area contributed by atoms with Crippen LogP contribution in [0.3, 0.4) is 0 Å². The molecule has 1 aromatic rings. The van der Waals surface area contributed by atoms with E-state index in [-0.39, 0.29) is 17.5 Å². The van der Waals surface area contributed by atoms with Crippen molar-refractivity contribution in [3.05, 3.63) is 12.2 Å². The molecule has 0 bridgehead atoms. The molecule has 1 atom stereocenters. The van der Waals surface area contributed by atoms with Crippen LogP contribution in [0.2, 0.25) is 0 Å². The lowest BCUT2D eigenvalue weighted by Crippen LogP contribution is -2.49. The second-order valence-corrected chi connectivity index (χ2v) is 5.74. The van der Waals surface area contributed by atoms with Crippen LogP contribution in [0.1, 0.15) is 46.9 Å². The molecule has 6 heteroatoms. The second-order valence-electron chi connectivity index (χ2n) is 5.74. The maximum absolute atomic E-state index is 11.9. The topological polar surface area (TPSA) is 71.8 Å². The summed E-state index contributed by atoms with van der Waals surface area (Å²) in [5, 5.41) is 10.3. The Kier molecular flexibility index (Phi) is 5.47. The Bertz CT molecular complexity index is 407. The number of nitrogens with zero attached hydrogens (tertiary/aromatic N) is 3. The van der Waals surface area contributed by atoms with E-state index in [9.17, 15) is 4.79 Å². The van der Waals surface area contributed by atoms with Gasteiger partial charge in [-0.05, 0) is 34.1 Å². The Morgan fingerprint density at radius 3 is 2.74 bits per heavy atom. The van der Waals surface area contributed by atoms with E-state index in [1.54, 1.807) is 6.33 Å². The minimum absolute atomic E-state index is 0.00550. The van der Waals surface area contributed by atoms with Crippen molar-refractivity contribution >= 4 is 5.91 Å². The Morgan fingerprint density at radius 2 is 2.16 bits per heavy atom. The smallest absolute Gasteiger partial charge is 0.237 e. The Balaban J connectivity index is 2.47. The van der Waals surface area contributed by atoms with E-state index in [4.69, 9.17) is 0 Å². The van der Waals surface area contributed by atoms with Gasteiger partial charge in [-0.25, -0.2) is 9.67 Å². The summed E-state index contributed by atoms with van der Waals surface area (Å²) >= 11 is 0. The Morgan fingerprint density at radius 1 is 1.47 bits per heavy atom. The zero-order chi connectivity index (χ0) is 14.5. The molecule has 19 heavy (non-hydrogen) atoms. The summed E-state index contributed by atoms with van der Waals surface area (Å²) < 4.78 is 1.86. The lowest BCUT2D eigenvalue weighted by Gasteiger charge is -2.23. The van der Waals surface area contributed by atoms with Crippen LogP contribution in [0.15, 0.2) is 6.33 Å². The monoisotopic (exact) mass is 267 g/mol. The van der Waals surface area contributed by atoms with E-state index in [1.807, 2.05) is 32.4 Å². The molecule has 1 heterocycles. The highest BCUT2D eigenvalue weighted by Gasteiger charge is 2.19. The number of nitrogens with one attached hydrogen (secondary N) is 2. The second kappa shape index (κ2) is 6.65. The van der Waals surface area contributed by atoms with Crippen molar-refractivity contribution in [1.82, 2.24) is 25.4 Å². The van der Waals surface area contributed by atoms with E-state index < -0.39 is 0 Å². The highest BCUT2D eigenvalue weighted by atomic mass is 16.2. The van der Waals surface area contributed by atoms with Gasteiger partial charge in [0.25, 0.3) is 0 Å². The molecule has 2 N–H and O–H groups in total. The molecule has 0 saturated carbocycles. The highest BCUT2D eigenvalue weighted by molar-refractivity contribution is 5.81. The number of aryl methyl sites for hydroxylation is 1. The van der Waals surface area contributed by atoms with Gasteiger partial charge in [0.15, 0.2) is 0 Å². The van der Waals surface area contributed by atoms with Gasteiger partial charge in [-0.1, -0.05) is 6.92 Å². The van der Waals surface area contributed by atoms with Gasteiger partial charge in [-0.15, -0.1) is 0 Å². The molecule has 0 aliphatic heterocycles. The van der Waals surface area contributed by atoms with Crippen molar-refractivity contribution in [2.75, 3.05) is 0 Å². The molecule has 0 saturated heterocycles. The van der Waals surface area contributed by atoms with E-state index in [0.717, 1.165) is 18.8 Å². The van der Waals surface area contributed by atoms with Crippen LogP contribution in [0, 0.1) is 0 Å². The summed E-state index contributed by atoms with van der Waals surface area (Å²) in [4.78, 5) is 16.1. The summed E-state index contributed by atoms with van der Waals surface area (Å²) in [7, 11) is 0. The summed E-state index contributed by atoms with van der Waals surface area (Å²) in [5.74, 6) is 0.853. The summed E-state index contributed by atoms with van der Waals surface area (Å²) in [6.45, 7) is 11.2. The largest absolute Gasteiger partial charge is 0.350 e. The Hall–Kier alpha value is -1.43. The van der Waals surface area contributed by atoms with Gasteiger partial charge >= 0.3 is 0 Å². The van der Waals surface area contributed by atoms with Crippen LogP contribution in [0.4, 0.5) is 0 Å². The quantitative estimate of drug-likeness (QED) is 0.809. The first kappa shape index (κ1) is 15.6. The van der Waals surface area contributed by atoms with Gasteiger partial charge in [0.05, 0.1) is 12.6 Å². The van der Waals surface area contributed by atoms with Gasteiger partial charge in [0.2, 0.25) is 5.91 Å². The van der Waals surface area contributed by atoms with Gasteiger partial charge in [0.1, 0.15) is 12.2 Å². The molecule has 0 radical (unpaired) electrons. The van der Waals surface area contributed by atoms with Crippen molar-refractivity contribution in [3.8, 4) is 0 Å². The van der Waals surface area contributed by atoms with E-state index in [2.05, 4.69) is 27.6 Å². The van der Waals surface area contributed by atoms with E-state index in [0.29, 0.717) is 6.54 Å². The number of amides is 1. The summed E-state index contributed by atoms with van der Waals surface area (Å²) in [5.41, 5.74) is -0.213. The molecule has 0 spiro atoms. The van der Waals surface area contributed by atoms with Crippen LogP contribution >= 0.6 is 0 Å². The predicted octanol–water partition coefficient (Wildman–Crippen LogP) is 1.08. The SMILES string of the molecule is CCCn1ncnc1CNC(C)C(=O)NC(C)(C)C. The molecule has 0 aliphatic rings. The normalized spacial score (nSPS) is 13.3. The van der Waals surface area contributed by atoms with Gasteiger partial charge in [-0.2, -0.15) is 5.10 Å². The molecule has 1 unspecified atom stereocenters. The number of rotatable bonds is 6. The average molecular weight is 267 g/mol. The molecule has 0 fully saturated rings. The van der Waals surface area contributed by atoms with Crippen LogP contribution in [-0.2, 0) is 17.9 Å². The number of carbonyl (C=O) groups is 1. The Labute approximate surface area is 115 Å². The molecule has 108 valence electrons. The molecular weight excluding hydrogens is 242 g/mol. The maximum atomic E-state index is 11.9. The number of aromatic nitrogens is 3. The number of hydrogen-bond acceptors (Lipinski definition) is 4. The van der Waals surface area contributed by atoms with E-state index in [1.165, 1.54) is 0 Å². The molecule has 1 amide bonds. The van der Waals surface area contributed by atoms with Crippen molar-refractivity contribution in [3.63, 3.8) is 0 Å². The fourth-order valence-electron chi connectivity index (χ4n) is 1.64. The third-order valence-electron chi connectivity index (χ3n) is 2.59. The first-order valence-corrected chi connectivity index (χ1v) is 6.75. The molecule has 0 aromatic carbocycles. The summed E-state index contributed by atoms with van der Waals surface area (Å²) in [6.07, 6.45) is 2.56. The lowest BCUT2D eigenvalue weighted by atomic mass is 10.1. The molecular formula is C13H25N5O. The van der Waals surface area contributed by atoms with Crippen molar-refractivity contribution < 1.29 is 4.79 Å². The van der Waals surface area contributed by atoms with Gasteiger partial charge in [0, 0.05) is 12.1 Å². The fraction of sp³-hybridized carbons (Fsp3) is 0.769. The van der Waals surface area contributed by atoms with Crippen molar-refractivity contribution in [2.24, 2.45) is 0 Å². The molecule has 0 aliphatic carbocycles. The summed E-state index contributed by atoms with van der Waals surface area (Å²) in [6, 6.07) is -0.258. The fourth-order valence-corrected chi connectivity index (χ4v) is 1.64. The third-order valence-corrected chi connectivity index (χ3v) is 2.59. The zero-order valence-electron chi connectivity index (χ0n) is 12.5. The predicted molar refractivity (Wildman–Crippen MR) is 74.5 cm³/mol. The molecule has 6 nitrogen and oxygen atoms in total. The van der Waals surface area contributed by atoms with Crippen LogP contribution in [-0.4, -0.2) is 32.3 Å². The van der Waals surface area contributed by atoms with Crippen molar-refractivity contribution in [1.29, 1.82) is 0 Å². The van der Waals surface area contributed by atoms with E-state index >= 15 is 0 Å². The van der Waals surface area contributed by atoms with Crippen LogP contribution in [0.25, 0.3) is 0 Å². The van der Waals surface area contributed by atoms with Crippen LogP contribution < -0.4 is 10.6 Å². The number of carbonyl (C=O) groups excluding carboxylic acids is 1. The first-order valence-electron chi connectivity index (χ1n) is 6.75. The maximum Gasteiger partial charge on any atom is 0.237 e. The van der Waals surface area contributed by atoms with Gasteiger partial charge in [-0.3, -0.25) is 10.1 Å². The number of hydrogen-bond donors (Lipinski definition) is 2. The highest BCUT2D eigenvalue weighted by Crippen LogP contribution is 2.00. The third kappa shape index (κ3) is 5.38. The molecule has 1 aromatic heterocycles. The zero-order valence-corrected chi connectivity index (χ0v) is 12.5. The first-order chi connectivity index (χ1) is 8.83. The standard InChI is InChI=1S/C13H25N5O/c1-6-7-18-11(15-9-16-18)8-14-10(2)12(19)17-13(3,4)5/h9-10,14H,6-8H2,1-5H3,(H,17,19). The minimum Gasteiger partial charge on any atom is -0.350 e. The average Bonchev–Trinajstić information content (AvgIpc) is 2.71. The van der Waals surface area contributed by atoms with Crippen molar-refractivity contribution in [2.45, 2.75) is 65.7 Å².